The second kappa shape index (κ2) is 4.97. The number of nitrogens with zero attached hydrogens (tertiary/aromatic N) is 2. The predicted molar refractivity (Wildman–Crippen MR) is 76.5 cm³/mol. The SMILES string of the molecule is Cc1ccc2nc(NC(=O)c3ccc([18F])cn3)sc2c1. The van der Waals surface area contributed by atoms with Crippen LogP contribution in [0.3, 0.4) is 0 Å². The van der Waals surface area contributed by atoms with Gasteiger partial charge in [0.05, 0.1) is 16.4 Å². The van der Waals surface area contributed by atoms with Crippen molar-refractivity contribution in [2.75, 3.05) is 5.32 Å². The smallest absolute Gasteiger partial charge is 0.276 e. The van der Waals surface area contributed by atoms with Gasteiger partial charge in [0.25, 0.3) is 5.91 Å². The van der Waals surface area contributed by atoms with Gasteiger partial charge in [-0.15, -0.1) is 0 Å². The molecule has 0 aliphatic carbocycles. The molecule has 1 N–H and O–H groups in total. The number of carbonyl (C=O) groups excluding carboxylic acids is 1. The van der Waals surface area contributed by atoms with Gasteiger partial charge in [-0.1, -0.05) is 17.4 Å². The minimum Gasteiger partial charge on any atom is -0.296 e. The number of anilines is 1. The largest absolute Gasteiger partial charge is 0.296 e. The number of rotatable bonds is 2. The van der Waals surface area contributed by atoms with Crippen LogP contribution in [-0.4, -0.2) is 15.9 Å². The number of aryl methyl sites for hydroxylation is 1. The quantitative estimate of drug-likeness (QED) is 0.785. The van der Waals surface area contributed by atoms with Crippen molar-refractivity contribution in [3.8, 4) is 0 Å². The Morgan fingerprint density at radius 1 is 1.30 bits per heavy atom. The summed E-state index contributed by atoms with van der Waals surface area (Å²) in [6.07, 6.45) is 1.01. The number of benzene rings is 1. The molecule has 0 bridgehead atoms. The third kappa shape index (κ3) is 2.50. The van der Waals surface area contributed by atoms with Crippen LogP contribution in [0, 0.1) is 12.7 Å². The monoisotopic (exact) mass is 286 g/mol. The normalized spacial score (nSPS) is 10.7. The number of hydrogen-bond acceptors (Lipinski definition) is 4. The van der Waals surface area contributed by atoms with Crippen LogP contribution >= 0.6 is 11.3 Å². The Labute approximate surface area is 118 Å². The van der Waals surface area contributed by atoms with Gasteiger partial charge in [-0.3, -0.25) is 10.1 Å². The van der Waals surface area contributed by atoms with E-state index < -0.39 is 11.7 Å². The maximum atomic E-state index is 12.7. The van der Waals surface area contributed by atoms with E-state index in [0.29, 0.717) is 5.13 Å². The fourth-order valence-corrected chi connectivity index (χ4v) is 2.72. The Kier molecular flexibility index (Phi) is 3.15. The van der Waals surface area contributed by atoms with E-state index in [2.05, 4.69) is 15.3 Å². The summed E-state index contributed by atoms with van der Waals surface area (Å²) in [6.45, 7) is 2.00. The topological polar surface area (TPSA) is 54.9 Å². The molecule has 3 aromatic rings. The van der Waals surface area contributed by atoms with Crippen molar-refractivity contribution in [3.63, 3.8) is 0 Å². The Balaban J connectivity index is 1.85. The van der Waals surface area contributed by atoms with Gasteiger partial charge in [-0.2, -0.15) is 0 Å². The zero-order valence-corrected chi connectivity index (χ0v) is 11.4. The molecule has 1 amide bonds. The highest BCUT2D eigenvalue weighted by atomic mass is 32.1. The van der Waals surface area contributed by atoms with Crippen LogP contribution in [0.4, 0.5) is 9.52 Å². The number of thiazole rings is 1. The zero-order valence-electron chi connectivity index (χ0n) is 10.6. The molecule has 3 rings (SSSR count). The second-order valence-electron chi connectivity index (χ2n) is 4.31. The third-order valence-corrected chi connectivity index (χ3v) is 3.66. The van der Waals surface area contributed by atoms with Gasteiger partial charge >= 0.3 is 0 Å². The van der Waals surface area contributed by atoms with E-state index in [1.165, 1.54) is 23.5 Å². The summed E-state index contributed by atoms with van der Waals surface area (Å²) in [6, 6.07) is 8.42. The van der Waals surface area contributed by atoms with Crippen molar-refractivity contribution in [1.82, 2.24) is 9.97 Å². The molecule has 0 aliphatic heterocycles. The van der Waals surface area contributed by atoms with Crippen molar-refractivity contribution >= 4 is 32.6 Å². The molecule has 0 unspecified atom stereocenters. The molecule has 0 saturated carbocycles. The summed E-state index contributed by atoms with van der Waals surface area (Å²) < 4.78 is 13.8. The first-order valence-corrected chi connectivity index (χ1v) is 6.73. The molecule has 0 fully saturated rings. The van der Waals surface area contributed by atoms with Crippen molar-refractivity contribution in [2.45, 2.75) is 6.92 Å². The van der Waals surface area contributed by atoms with E-state index in [0.717, 1.165) is 22.0 Å². The van der Waals surface area contributed by atoms with Crippen LogP contribution in [-0.2, 0) is 0 Å². The second-order valence-corrected chi connectivity index (χ2v) is 5.34. The number of halogens is 1. The lowest BCUT2D eigenvalue weighted by atomic mass is 10.2. The van der Waals surface area contributed by atoms with Gasteiger partial charge in [0.1, 0.15) is 11.5 Å². The van der Waals surface area contributed by atoms with E-state index in [-0.39, 0.29) is 5.69 Å². The van der Waals surface area contributed by atoms with Gasteiger partial charge in [0.15, 0.2) is 5.13 Å². The zero-order chi connectivity index (χ0) is 14.1. The predicted octanol–water partition coefficient (Wildman–Crippen LogP) is 3.39. The fourth-order valence-electron chi connectivity index (χ4n) is 1.76. The van der Waals surface area contributed by atoms with Gasteiger partial charge < -0.3 is 0 Å². The average Bonchev–Trinajstić information content (AvgIpc) is 2.80. The summed E-state index contributed by atoms with van der Waals surface area (Å²) in [7, 11) is 0. The lowest BCUT2D eigenvalue weighted by Crippen LogP contribution is -2.13. The van der Waals surface area contributed by atoms with Gasteiger partial charge in [0.2, 0.25) is 0 Å². The highest BCUT2D eigenvalue weighted by Gasteiger charge is 2.11. The van der Waals surface area contributed by atoms with Crippen LogP contribution in [0.1, 0.15) is 16.1 Å². The molecular formula is C14H10FN3OS. The van der Waals surface area contributed by atoms with Crippen molar-refractivity contribution in [1.29, 1.82) is 0 Å². The van der Waals surface area contributed by atoms with Crippen LogP contribution in [0.15, 0.2) is 36.5 Å². The lowest BCUT2D eigenvalue weighted by molar-refractivity contribution is 0.102. The lowest BCUT2D eigenvalue weighted by Gasteiger charge is -1.99. The molecule has 2 aromatic heterocycles. The standard InChI is InChI=1S/C14H10FN3OS/c1-8-2-4-10-12(6-8)20-14(17-10)18-13(19)11-5-3-9(15)7-16-11/h2-7H,1H3,(H,17,18,19)/i15-1. The van der Waals surface area contributed by atoms with Crippen molar-refractivity contribution in [2.24, 2.45) is 0 Å². The highest BCUT2D eigenvalue weighted by Crippen LogP contribution is 2.26. The van der Waals surface area contributed by atoms with E-state index in [1.807, 2.05) is 25.1 Å². The van der Waals surface area contributed by atoms with Crippen LogP contribution in [0.2, 0.25) is 0 Å². The molecule has 6 heteroatoms. The number of hydrogen-bond donors (Lipinski definition) is 1. The van der Waals surface area contributed by atoms with E-state index >= 15 is 0 Å². The Hall–Kier alpha value is -2.34. The summed E-state index contributed by atoms with van der Waals surface area (Å²) in [5.74, 6) is -0.877. The van der Waals surface area contributed by atoms with Gasteiger partial charge in [0, 0.05) is 0 Å². The molecule has 4 nitrogen and oxygen atoms in total. The molecule has 100 valence electrons. The fraction of sp³-hybridized carbons (Fsp3) is 0.0714. The van der Waals surface area contributed by atoms with Crippen molar-refractivity contribution in [3.05, 3.63) is 53.6 Å². The highest BCUT2D eigenvalue weighted by molar-refractivity contribution is 7.22. The first-order chi connectivity index (χ1) is 9.61. The molecule has 0 radical (unpaired) electrons. The molecule has 0 atom stereocenters. The molecular weight excluding hydrogens is 276 g/mol. The molecule has 0 aliphatic rings. The minimum atomic E-state index is -0.475. The number of fused-ring (bicyclic) bond motifs is 1. The number of nitrogens with one attached hydrogen (secondary N) is 1. The maximum Gasteiger partial charge on any atom is 0.276 e. The average molecular weight is 286 g/mol. The molecule has 0 spiro atoms. The minimum absolute atomic E-state index is 0.154. The molecule has 1 aromatic carbocycles. The molecule has 2 heterocycles. The Bertz CT molecular complexity index is 783. The Morgan fingerprint density at radius 3 is 2.90 bits per heavy atom. The number of amides is 1. The summed E-state index contributed by atoms with van der Waals surface area (Å²) in [4.78, 5) is 20.0. The third-order valence-electron chi connectivity index (χ3n) is 2.72. The maximum absolute atomic E-state index is 12.7. The number of carbonyl (C=O) groups is 1. The first kappa shape index (κ1) is 12.7. The van der Waals surface area contributed by atoms with E-state index in [1.54, 1.807) is 0 Å². The summed E-state index contributed by atoms with van der Waals surface area (Å²) in [5, 5.41) is 3.17. The molecule has 20 heavy (non-hydrogen) atoms. The van der Waals surface area contributed by atoms with E-state index in [4.69, 9.17) is 0 Å². The van der Waals surface area contributed by atoms with Crippen LogP contribution in [0.5, 0.6) is 0 Å². The number of aromatic nitrogens is 2. The Morgan fingerprint density at radius 2 is 2.15 bits per heavy atom. The first-order valence-electron chi connectivity index (χ1n) is 5.92. The number of pyridine rings is 1. The van der Waals surface area contributed by atoms with Gasteiger partial charge in [-0.05, 0) is 36.8 Å². The molecule has 0 saturated heterocycles. The van der Waals surface area contributed by atoms with E-state index in [9.17, 15) is 9.18 Å². The van der Waals surface area contributed by atoms with Gasteiger partial charge in [-0.25, -0.2) is 14.4 Å². The summed E-state index contributed by atoms with van der Waals surface area (Å²) >= 11 is 1.39. The summed E-state index contributed by atoms with van der Waals surface area (Å²) in [5.41, 5.74) is 2.13. The van der Waals surface area contributed by atoms with Crippen molar-refractivity contribution < 1.29 is 9.18 Å². The van der Waals surface area contributed by atoms with Crippen LogP contribution < -0.4 is 5.32 Å². The van der Waals surface area contributed by atoms with Crippen LogP contribution in [0.25, 0.3) is 10.2 Å².